The number of amides is 1. The maximum absolute atomic E-state index is 13.2. The van der Waals surface area contributed by atoms with Gasteiger partial charge in [0, 0.05) is 29.6 Å². The van der Waals surface area contributed by atoms with Crippen molar-refractivity contribution in [3.05, 3.63) is 96.1 Å². The lowest BCUT2D eigenvalue weighted by Crippen LogP contribution is -2.37. The van der Waals surface area contributed by atoms with Crippen LogP contribution in [-0.4, -0.2) is 59.3 Å². The highest BCUT2D eigenvalue weighted by atomic mass is 16.5. The van der Waals surface area contributed by atoms with E-state index < -0.39 is 6.17 Å². The number of morpholine rings is 1. The number of nitrogens with zero attached hydrogens (tertiary/aromatic N) is 5. The summed E-state index contributed by atoms with van der Waals surface area (Å²) in [6.45, 7) is 2.64. The summed E-state index contributed by atoms with van der Waals surface area (Å²) in [5.41, 5.74) is 4.68. The number of hydrogen-bond acceptors (Lipinski definition) is 9. The van der Waals surface area contributed by atoms with Crippen LogP contribution < -0.4 is 15.5 Å². The number of carbonyl (C=O) groups excluding carboxylic acids is 1. The lowest BCUT2D eigenvalue weighted by atomic mass is 10.0. The van der Waals surface area contributed by atoms with Crippen LogP contribution in [0, 0.1) is 0 Å². The van der Waals surface area contributed by atoms with Gasteiger partial charge in [-0.15, -0.1) is 5.10 Å². The van der Waals surface area contributed by atoms with Gasteiger partial charge in [-0.3, -0.25) is 4.79 Å². The van der Waals surface area contributed by atoms with E-state index in [1.165, 1.54) is 0 Å². The molecule has 198 valence electrons. The summed E-state index contributed by atoms with van der Waals surface area (Å²) in [5, 5.41) is 15.5. The number of anilines is 3. The van der Waals surface area contributed by atoms with Gasteiger partial charge in [0.15, 0.2) is 0 Å². The van der Waals surface area contributed by atoms with Crippen molar-refractivity contribution in [1.29, 1.82) is 0 Å². The monoisotopic (exact) mass is 531 g/mol. The molecular formula is C30H25N7O3. The second-order valence-corrected chi connectivity index (χ2v) is 9.49. The molecule has 1 atom stereocenters. The van der Waals surface area contributed by atoms with Gasteiger partial charge in [0.25, 0.3) is 11.8 Å². The molecule has 2 N–H and O–H groups in total. The summed E-state index contributed by atoms with van der Waals surface area (Å²) >= 11 is 0. The van der Waals surface area contributed by atoms with E-state index in [1.807, 2.05) is 84.9 Å². The number of nitrogens with one attached hydrogen (secondary N) is 2. The number of carbonyl (C=O) groups is 1. The highest BCUT2D eigenvalue weighted by Crippen LogP contribution is 2.33. The Kier molecular flexibility index (Phi) is 6.14. The van der Waals surface area contributed by atoms with E-state index in [9.17, 15) is 4.79 Å². The van der Waals surface area contributed by atoms with Crippen LogP contribution in [0.5, 0.6) is 0 Å². The number of fused-ring (bicyclic) bond motifs is 2. The number of rotatable bonds is 5. The van der Waals surface area contributed by atoms with Gasteiger partial charge in [-0.1, -0.05) is 71.8 Å². The minimum Gasteiger partial charge on any atom is -0.403 e. The summed E-state index contributed by atoms with van der Waals surface area (Å²) in [4.78, 5) is 25.1. The molecule has 2 aromatic heterocycles. The van der Waals surface area contributed by atoms with Crippen molar-refractivity contribution in [2.75, 3.05) is 41.8 Å². The Morgan fingerprint density at radius 3 is 2.52 bits per heavy atom. The van der Waals surface area contributed by atoms with Crippen molar-refractivity contribution in [3.8, 4) is 11.5 Å². The highest BCUT2D eigenvalue weighted by molar-refractivity contribution is 6.19. The SMILES string of the molecule is O=C1Nc2ccccc2C(c2ccccc2)=NC1Nc1nnc(-c2cc3ccccc3nc2N2CCOCC2)o1. The zero-order valence-electron chi connectivity index (χ0n) is 21.4. The predicted molar refractivity (Wildman–Crippen MR) is 153 cm³/mol. The summed E-state index contributed by atoms with van der Waals surface area (Å²) < 4.78 is 11.6. The van der Waals surface area contributed by atoms with E-state index in [0.29, 0.717) is 49.2 Å². The van der Waals surface area contributed by atoms with Gasteiger partial charge >= 0.3 is 6.01 Å². The molecule has 5 aromatic rings. The smallest absolute Gasteiger partial charge is 0.317 e. The van der Waals surface area contributed by atoms with Crippen LogP contribution >= 0.6 is 0 Å². The highest BCUT2D eigenvalue weighted by Gasteiger charge is 2.28. The average Bonchev–Trinajstić information content (AvgIpc) is 3.43. The molecule has 1 saturated heterocycles. The maximum atomic E-state index is 13.2. The van der Waals surface area contributed by atoms with Crippen LogP contribution in [0.2, 0.25) is 0 Å². The molecule has 0 saturated carbocycles. The largest absolute Gasteiger partial charge is 0.403 e. The molecular weight excluding hydrogens is 506 g/mol. The summed E-state index contributed by atoms with van der Waals surface area (Å²) in [5.74, 6) is 0.718. The lowest BCUT2D eigenvalue weighted by Gasteiger charge is -2.29. The Morgan fingerprint density at radius 1 is 0.875 bits per heavy atom. The van der Waals surface area contributed by atoms with Crippen molar-refractivity contribution >= 4 is 40.0 Å². The Labute approximate surface area is 229 Å². The van der Waals surface area contributed by atoms with E-state index in [0.717, 1.165) is 27.8 Å². The standard InChI is InChI=1S/C30H25N7O3/c38-28-26(33-25(19-8-2-1-3-9-19)21-11-5-7-13-24(21)32-28)34-30-36-35-29(40-30)22-18-20-10-4-6-12-23(20)31-27(22)37-14-16-39-17-15-37/h1-13,18,26H,14-17H2,(H,32,38)(H,34,36). The fraction of sp³-hybridized carbons (Fsp3) is 0.167. The Balaban J connectivity index is 1.25. The fourth-order valence-electron chi connectivity index (χ4n) is 4.97. The minimum absolute atomic E-state index is 0.0818. The van der Waals surface area contributed by atoms with Crippen LogP contribution in [0.4, 0.5) is 17.5 Å². The van der Waals surface area contributed by atoms with E-state index in [1.54, 1.807) is 0 Å². The van der Waals surface area contributed by atoms with Crippen LogP contribution in [0.25, 0.3) is 22.4 Å². The molecule has 1 unspecified atom stereocenters. The van der Waals surface area contributed by atoms with Gasteiger partial charge in [-0.25, -0.2) is 9.98 Å². The molecule has 0 radical (unpaired) electrons. The Bertz CT molecular complexity index is 1730. The second kappa shape index (κ2) is 10.2. The summed E-state index contributed by atoms with van der Waals surface area (Å²) in [6, 6.07) is 27.4. The first kappa shape index (κ1) is 24.0. The number of aliphatic imine (C=N–C) groups is 1. The van der Waals surface area contributed by atoms with E-state index in [-0.39, 0.29) is 11.9 Å². The molecule has 10 heteroatoms. The molecule has 1 amide bonds. The first-order chi connectivity index (χ1) is 19.7. The summed E-state index contributed by atoms with van der Waals surface area (Å²) in [6.07, 6.45) is -0.996. The first-order valence-electron chi connectivity index (χ1n) is 13.1. The molecule has 0 bridgehead atoms. The van der Waals surface area contributed by atoms with Crippen molar-refractivity contribution in [2.24, 2.45) is 4.99 Å². The van der Waals surface area contributed by atoms with Crippen molar-refractivity contribution in [1.82, 2.24) is 15.2 Å². The van der Waals surface area contributed by atoms with Gasteiger partial charge < -0.3 is 24.7 Å². The number of aromatic nitrogens is 3. The Hall–Kier alpha value is -5.09. The maximum Gasteiger partial charge on any atom is 0.317 e. The molecule has 40 heavy (non-hydrogen) atoms. The fourth-order valence-corrected chi connectivity index (χ4v) is 4.97. The number of benzene rings is 3. The average molecular weight is 532 g/mol. The number of benzodiazepines with no additional fused rings is 1. The summed E-state index contributed by atoms with van der Waals surface area (Å²) in [7, 11) is 0. The van der Waals surface area contributed by atoms with Gasteiger partial charge in [-0.05, 0) is 18.2 Å². The zero-order valence-corrected chi connectivity index (χ0v) is 21.4. The van der Waals surface area contributed by atoms with Gasteiger partial charge in [0.2, 0.25) is 6.17 Å². The molecule has 4 heterocycles. The van der Waals surface area contributed by atoms with Gasteiger partial charge in [-0.2, -0.15) is 0 Å². The molecule has 10 nitrogen and oxygen atoms in total. The molecule has 2 aliphatic rings. The van der Waals surface area contributed by atoms with E-state index >= 15 is 0 Å². The zero-order chi connectivity index (χ0) is 26.9. The second-order valence-electron chi connectivity index (χ2n) is 9.49. The number of para-hydroxylation sites is 2. The van der Waals surface area contributed by atoms with E-state index in [4.69, 9.17) is 19.1 Å². The Morgan fingerprint density at radius 2 is 1.65 bits per heavy atom. The van der Waals surface area contributed by atoms with Crippen LogP contribution in [0.3, 0.4) is 0 Å². The quantitative estimate of drug-likeness (QED) is 0.344. The molecule has 7 rings (SSSR count). The van der Waals surface area contributed by atoms with Crippen LogP contribution in [0.1, 0.15) is 11.1 Å². The topological polar surface area (TPSA) is 118 Å². The predicted octanol–water partition coefficient (Wildman–Crippen LogP) is 4.35. The molecule has 0 spiro atoms. The minimum atomic E-state index is -0.996. The number of ether oxygens (including phenoxy) is 1. The van der Waals surface area contributed by atoms with Crippen LogP contribution in [0.15, 0.2) is 94.3 Å². The lowest BCUT2D eigenvalue weighted by molar-refractivity contribution is -0.116. The third-order valence-corrected chi connectivity index (χ3v) is 6.92. The van der Waals surface area contributed by atoms with Gasteiger partial charge in [0.05, 0.1) is 35.7 Å². The van der Waals surface area contributed by atoms with E-state index in [2.05, 4.69) is 25.7 Å². The number of hydrogen-bond donors (Lipinski definition) is 2. The number of pyridine rings is 1. The first-order valence-corrected chi connectivity index (χ1v) is 13.1. The van der Waals surface area contributed by atoms with Crippen molar-refractivity contribution in [2.45, 2.75) is 6.17 Å². The van der Waals surface area contributed by atoms with Crippen molar-refractivity contribution < 1.29 is 13.9 Å². The van der Waals surface area contributed by atoms with Crippen LogP contribution in [-0.2, 0) is 9.53 Å². The molecule has 1 fully saturated rings. The third kappa shape index (κ3) is 4.54. The van der Waals surface area contributed by atoms with Gasteiger partial charge in [0.1, 0.15) is 5.82 Å². The molecule has 3 aromatic carbocycles. The normalized spacial score (nSPS) is 17.1. The molecule has 0 aliphatic carbocycles. The third-order valence-electron chi connectivity index (χ3n) is 6.92. The molecule has 2 aliphatic heterocycles. The van der Waals surface area contributed by atoms with Crippen molar-refractivity contribution in [3.63, 3.8) is 0 Å².